The highest BCUT2D eigenvalue weighted by Gasteiger charge is 2.25. The van der Waals surface area contributed by atoms with Gasteiger partial charge in [-0.2, -0.15) is 8.42 Å². The van der Waals surface area contributed by atoms with Crippen LogP contribution in [0.15, 0.2) is 24.3 Å². The SMILES string of the molecule is CC(C)(CN)C(=O)Nc1cccc(NS(N)(=O)=O)c1. The Balaban J connectivity index is 2.87. The Labute approximate surface area is 112 Å². The molecule has 0 heterocycles. The van der Waals surface area contributed by atoms with Gasteiger partial charge in [-0.15, -0.1) is 0 Å². The molecule has 0 aliphatic carbocycles. The van der Waals surface area contributed by atoms with Crippen LogP contribution in [0.3, 0.4) is 0 Å². The van der Waals surface area contributed by atoms with E-state index in [1.54, 1.807) is 26.0 Å². The second-order valence-electron chi connectivity index (χ2n) is 4.77. The Morgan fingerprint density at radius 2 is 1.89 bits per heavy atom. The molecule has 6 N–H and O–H groups in total. The molecule has 1 amide bonds. The second-order valence-corrected chi connectivity index (χ2v) is 6.06. The monoisotopic (exact) mass is 286 g/mol. The zero-order valence-corrected chi connectivity index (χ0v) is 11.6. The number of carbonyl (C=O) groups excluding carboxylic acids is 1. The van der Waals surface area contributed by atoms with Crippen molar-refractivity contribution in [3.8, 4) is 0 Å². The molecule has 1 aromatic carbocycles. The minimum Gasteiger partial charge on any atom is -0.329 e. The van der Waals surface area contributed by atoms with Crippen LogP contribution >= 0.6 is 0 Å². The van der Waals surface area contributed by atoms with E-state index in [2.05, 4.69) is 10.0 Å². The van der Waals surface area contributed by atoms with E-state index in [0.29, 0.717) is 5.69 Å². The Morgan fingerprint density at radius 1 is 1.32 bits per heavy atom. The van der Waals surface area contributed by atoms with Crippen LogP contribution in [0.5, 0.6) is 0 Å². The van der Waals surface area contributed by atoms with E-state index < -0.39 is 15.6 Å². The molecular formula is C11H18N4O3S. The van der Waals surface area contributed by atoms with Crippen LogP contribution in [0.4, 0.5) is 11.4 Å². The first kappa shape index (κ1) is 15.4. The number of benzene rings is 1. The van der Waals surface area contributed by atoms with Crippen molar-refractivity contribution in [1.29, 1.82) is 0 Å². The lowest BCUT2D eigenvalue weighted by molar-refractivity contribution is -0.123. The number of amides is 1. The van der Waals surface area contributed by atoms with Crippen LogP contribution < -0.4 is 20.9 Å². The van der Waals surface area contributed by atoms with Crippen LogP contribution in [-0.4, -0.2) is 20.9 Å². The van der Waals surface area contributed by atoms with Crippen molar-refractivity contribution in [3.05, 3.63) is 24.3 Å². The molecule has 0 radical (unpaired) electrons. The van der Waals surface area contributed by atoms with E-state index in [4.69, 9.17) is 10.9 Å². The van der Waals surface area contributed by atoms with Gasteiger partial charge in [-0.05, 0) is 32.0 Å². The highest BCUT2D eigenvalue weighted by Crippen LogP contribution is 2.20. The zero-order valence-electron chi connectivity index (χ0n) is 10.8. The van der Waals surface area contributed by atoms with E-state index in [9.17, 15) is 13.2 Å². The van der Waals surface area contributed by atoms with E-state index >= 15 is 0 Å². The summed E-state index contributed by atoms with van der Waals surface area (Å²) in [7, 11) is -3.84. The maximum absolute atomic E-state index is 11.9. The highest BCUT2D eigenvalue weighted by atomic mass is 32.2. The topological polar surface area (TPSA) is 127 Å². The zero-order chi connectivity index (χ0) is 14.7. The van der Waals surface area contributed by atoms with Gasteiger partial charge in [0.1, 0.15) is 0 Å². The van der Waals surface area contributed by atoms with Crippen molar-refractivity contribution in [2.45, 2.75) is 13.8 Å². The van der Waals surface area contributed by atoms with Crippen molar-refractivity contribution in [1.82, 2.24) is 0 Å². The van der Waals surface area contributed by atoms with Crippen molar-refractivity contribution >= 4 is 27.5 Å². The van der Waals surface area contributed by atoms with Gasteiger partial charge in [0.05, 0.1) is 11.1 Å². The van der Waals surface area contributed by atoms with Gasteiger partial charge in [0.2, 0.25) is 5.91 Å². The predicted molar refractivity (Wildman–Crippen MR) is 74.6 cm³/mol. The molecule has 0 saturated heterocycles. The fourth-order valence-electron chi connectivity index (χ4n) is 1.22. The molecule has 0 atom stereocenters. The van der Waals surface area contributed by atoms with E-state index in [1.165, 1.54) is 12.1 Å². The maximum Gasteiger partial charge on any atom is 0.296 e. The van der Waals surface area contributed by atoms with E-state index in [0.717, 1.165) is 0 Å². The van der Waals surface area contributed by atoms with E-state index in [1.807, 2.05) is 0 Å². The van der Waals surface area contributed by atoms with Gasteiger partial charge in [-0.1, -0.05) is 6.07 Å². The van der Waals surface area contributed by atoms with Gasteiger partial charge in [-0.3, -0.25) is 9.52 Å². The fourth-order valence-corrected chi connectivity index (χ4v) is 1.67. The third-order valence-electron chi connectivity index (χ3n) is 2.51. The lowest BCUT2D eigenvalue weighted by atomic mass is 9.92. The summed E-state index contributed by atoms with van der Waals surface area (Å²) in [6, 6.07) is 6.22. The lowest BCUT2D eigenvalue weighted by Crippen LogP contribution is -2.37. The average Bonchev–Trinajstić information content (AvgIpc) is 2.27. The first-order valence-corrected chi connectivity index (χ1v) is 7.11. The molecule has 0 aliphatic rings. The van der Waals surface area contributed by atoms with Crippen LogP contribution in [0, 0.1) is 5.41 Å². The van der Waals surface area contributed by atoms with E-state index in [-0.39, 0.29) is 18.1 Å². The van der Waals surface area contributed by atoms with Gasteiger partial charge in [0, 0.05) is 12.2 Å². The molecule has 0 aromatic heterocycles. The molecule has 19 heavy (non-hydrogen) atoms. The molecule has 0 fully saturated rings. The molecule has 106 valence electrons. The molecule has 0 bridgehead atoms. The summed E-state index contributed by atoms with van der Waals surface area (Å²) in [5.41, 5.74) is 5.53. The summed E-state index contributed by atoms with van der Waals surface area (Å²) in [6.45, 7) is 3.64. The predicted octanol–water partition coefficient (Wildman–Crippen LogP) is 0.225. The number of nitrogens with two attached hydrogens (primary N) is 2. The minimum atomic E-state index is -3.84. The number of carbonyl (C=O) groups is 1. The molecule has 7 nitrogen and oxygen atoms in total. The number of anilines is 2. The summed E-state index contributed by atoms with van der Waals surface area (Å²) >= 11 is 0. The second kappa shape index (κ2) is 5.55. The number of hydrogen-bond acceptors (Lipinski definition) is 4. The van der Waals surface area contributed by atoms with Crippen molar-refractivity contribution in [2.75, 3.05) is 16.6 Å². The fraction of sp³-hybridized carbons (Fsp3) is 0.364. The first-order valence-electron chi connectivity index (χ1n) is 5.56. The molecule has 1 aromatic rings. The quantitative estimate of drug-likeness (QED) is 0.617. The molecule has 8 heteroatoms. The highest BCUT2D eigenvalue weighted by molar-refractivity contribution is 7.90. The standard InChI is InChI=1S/C11H18N4O3S/c1-11(2,7-12)10(16)14-8-4-3-5-9(6-8)15-19(13,17)18/h3-6,15H,7,12H2,1-2H3,(H,14,16)(H2,13,17,18). The summed E-state index contributed by atoms with van der Waals surface area (Å²) in [5.74, 6) is -0.247. The van der Waals surface area contributed by atoms with Gasteiger partial charge in [0.15, 0.2) is 0 Å². The lowest BCUT2D eigenvalue weighted by Gasteiger charge is -2.21. The molecule has 0 saturated carbocycles. The minimum absolute atomic E-state index is 0.202. The smallest absolute Gasteiger partial charge is 0.296 e. The number of hydrogen-bond donors (Lipinski definition) is 4. The van der Waals surface area contributed by atoms with Crippen molar-refractivity contribution < 1.29 is 13.2 Å². The van der Waals surface area contributed by atoms with Gasteiger partial charge in [0.25, 0.3) is 10.2 Å². The Kier molecular flexibility index (Phi) is 4.51. The normalized spacial score (nSPS) is 12.0. The molecule has 1 rings (SSSR count). The van der Waals surface area contributed by atoms with Gasteiger partial charge >= 0.3 is 0 Å². The Morgan fingerprint density at radius 3 is 2.42 bits per heavy atom. The van der Waals surface area contributed by atoms with Gasteiger partial charge < -0.3 is 11.1 Å². The van der Waals surface area contributed by atoms with Crippen molar-refractivity contribution in [3.63, 3.8) is 0 Å². The molecular weight excluding hydrogens is 268 g/mol. The average molecular weight is 286 g/mol. The maximum atomic E-state index is 11.9. The molecule has 0 spiro atoms. The third-order valence-corrected chi connectivity index (χ3v) is 3.03. The molecule has 0 aliphatic heterocycles. The Bertz CT molecular complexity index is 569. The molecule has 0 unspecified atom stereocenters. The van der Waals surface area contributed by atoms with Crippen LogP contribution in [-0.2, 0) is 15.0 Å². The van der Waals surface area contributed by atoms with Crippen LogP contribution in [0.25, 0.3) is 0 Å². The van der Waals surface area contributed by atoms with Crippen molar-refractivity contribution in [2.24, 2.45) is 16.3 Å². The Hall–Kier alpha value is -1.64. The van der Waals surface area contributed by atoms with Crippen LogP contribution in [0.2, 0.25) is 0 Å². The summed E-state index contributed by atoms with van der Waals surface area (Å²) in [4.78, 5) is 11.9. The number of nitrogens with one attached hydrogen (secondary N) is 2. The summed E-state index contributed by atoms with van der Waals surface area (Å²) in [5, 5.41) is 7.53. The first-order chi connectivity index (χ1) is 8.64. The summed E-state index contributed by atoms with van der Waals surface area (Å²) in [6.07, 6.45) is 0. The number of rotatable bonds is 5. The third kappa shape index (κ3) is 4.86. The van der Waals surface area contributed by atoms with Crippen LogP contribution in [0.1, 0.15) is 13.8 Å². The largest absolute Gasteiger partial charge is 0.329 e. The summed E-state index contributed by atoms with van der Waals surface area (Å²) < 4.78 is 23.9. The van der Waals surface area contributed by atoms with Gasteiger partial charge in [-0.25, -0.2) is 5.14 Å².